The van der Waals surface area contributed by atoms with Gasteiger partial charge >= 0.3 is 0 Å². The van der Waals surface area contributed by atoms with Crippen molar-refractivity contribution in [2.24, 2.45) is 0 Å². The summed E-state index contributed by atoms with van der Waals surface area (Å²) in [5, 5.41) is 3.37. The Kier molecular flexibility index (Phi) is 4.68. The van der Waals surface area contributed by atoms with Crippen LogP contribution in [0.4, 0.5) is 5.13 Å². The highest BCUT2D eigenvalue weighted by molar-refractivity contribution is 7.22. The van der Waals surface area contributed by atoms with Gasteiger partial charge in [0.25, 0.3) is 0 Å². The summed E-state index contributed by atoms with van der Waals surface area (Å²) in [5.74, 6) is 0.614. The van der Waals surface area contributed by atoms with Crippen molar-refractivity contribution in [1.29, 1.82) is 0 Å². The van der Waals surface area contributed by atoms with E-state index in [1.54, 1.807) is 6.08 Å². The molecule has 0 aliphatic heterocycles. The van der Waals surface area contributed by atoms with Gasteiger partial charge in [-0.1, -0.05) is 41.7 Å². The molecule has 0 aliphatic carbocycles. The molecule has 0 radical (unpaired) electrons. The number of nitrogens with one attached hydrogen (secondary N) is 1. The monoisotopic (exact) mass is 324 g/mol. The minimum Gasteiger partial charge on any atom is -0.494 e. The molecular weight excluding hydrogens is 308 g/mol. The van der Waals surface area contributed by atoms with E-state index in [0.717, 1.165) is 21.5 Å². The van der Waals surface area contributed by atoms with Crippen molar-refractivity contribution in [2.75, 3.05) is 11.9 Å². The molecule has 0 spiro atoms. The van der Waals surface area contributed by atoms with Crippen LogP contribution >= 0.6 is 11.3 Å². The molecule has 116 valence electrons. The molecule has 0 bridgehead atoms. The van der Waals surface area contributed by atoms with Gasteiger partial charge in [-0.15, -0.1) is 0 Å². The number of hydrogen-bond donors (Lipinski definition) is 1. The van der Waals surface area contributed by atoms with E-state index in [1.165, 1.54) is 17.4 Å². The zero-order valence-electron chi connectivity index (χ0n) is 12.7. The summed E-state index contributed by atoms with van der Waals surface area (Å²) in [6.07, 6.45) is 3.28. The summed E-state index contributed by atoms with van der Waals surface area (Å²) in [7, 11) is 0. The number of amides is 1. The number of carbonyl (C=O) groups is 1. The Morgan fingerprint density at radius 1 is 1.26 bits per heavy atom. The van der Waals surface area contributed by atoms with E-state index in [-0.39, 0.29) is 5.91 Å². The van der Waals surface area contributed by atoms with Gasteiger partial charge in [-0.3, -0.25) is 10.1 Å². The molecule has 23 heavy (non-hydrogen) atoms. The second kappa shape index (κ2) is 7.07. The first kappa shape index (κ1) is 15.2. The summed E-state index contributed by atoms with van der Waals surface area (Å²) < 4.78 is 6.46. The molecule has 1 amide bonds. The second-order valence-electron chi connectivity index (χ2n) is 4.81. The SMILES string of the molecule is CCOc1ccc2nc(NC(=O)C=Cc3ccccc3)sc2c1. The molecule has 0 saturated carbocycles. The van der Waals surface area contributed by atoms with Crippen molar-refractivity contribution in [3.8, 4) is 5.75 Å². The molecule has 3 aromatic rings. The molecule has 1 heterocycles. The van der Waals surface area contributed by atoms with Crippen LogP contribution in [0.1, 0.15) is 12.5 Å². The minimum absolute atomic E-state index is 0.196. The predicted octanol–water partition coefficient (Wildman–Crippen LogP) is 4.35. The lowest BCUT2D eigenvalue weighted by atomic mass is 10.2. The van der Waals surface area contributed by atoms with Crippen molar-refractivity contribution in [3.05, 3.63) is 60.2 Å². The molecular formula is C18H16N2O2S. The number of carbonyl (C=O) groups excluding carboxylic acids is 1. The number of anilines is 1. The number of ether oxygens (including phenoxy) is 1. The van der Waals surface area contributed by atoms with Gasteiger partial charge in [0.2, 0.25) is 5.91 Å². The van der Waals surface area contributed by atoms with Crippen molar-refractivity contribution >= 4 is 38.7 Å². The van der Waals surface area contributed by atoms with Crippen LogP contribution in [0.25, 0.3) is 16.3 Å². The Hall–Kier alpha value is -2.66. The molecule has 0 unspecified atom stereocenters. The van der Waals surface area contributed by atoms with Gasteiger partial charge < -0.3 is 4.74 Å². The molecule has 4 nitrogen and oxygen atoms in total. The van der Waals surface area contributed by atoms with Crippen molar-refractivity contribution in [3.63, 3.8) is 0 Å². The van der Waals surface area contributed by atoms with E-state index in [1.807, 2.05) is 55.5 Å². The average Bonchev–Trinajstić information content (AvgIpc) is 2.95. The van der Waals surface area contributed by atoms with Crippen LogP contribution < -0.4 is 10.1 Å². The number of benzene rings is 2. The van der Waals surface area contributed by atoms with Crippen LogP contribution in [0.5, 0.6) is 5.75 Å². The maximum Gasteiger partial charge on any atom is 0.250 e. The third-order valence-corrected chi connectivity index (χ3v) is 4.06. The van der Waals surface area contributed by atoms with Gasteiger partial charge in [-0.2, -0.15) is 0 Å². The first-order valence-electron chi connectivity index (χ1n) is 7.32. The van der Waals surface area contributed by atoms with E-state index < -0.39 is 0 Å². The lowest BCUT2D eigenvalue weighted by Gasteiger charge is -2.00. The highest BCUT2D eigenvalue weighted by Crippen LogP contribution is 2.29. The van der Waals surface area contributed by atoms with Gasteiger partial charge in [0.15, 0.2) is 5.13 Å². The quantitative estimate of drug-likeness (QED) is 0.710. The maximum atomic E-state index is 12.0. The number of aromatic nitrogens is 1. The molecule has 0 fully saturated rings. The topological polar surface area (TPSA) is 51.2 Å². The normalized spacial score (nSPS) is 11.0. The Bertz CT molecular complexity index is 841. The molecule has 1 N–H and O–H groups in total. The largest absolute Gasteiger partial charge is 0.494 e. The van der Waals surface area contributed by atoms with Gasteiger partial charge in [0.1, 0.15) is 5.75 Å². The fourth-order valence-corrected chi connectivity index (χ4v) is 3.00. The van der Waals surface area contributed by atoms with E-state index in [4.69, 9.17) is 4.74 Å². The van der Waals surface area contributed by atoms with Crippen molar-refractivity contribution in [2.45, 2.75) is 6.92 Å². The molecule has 1 aromatic heterocycles. The van der Waals surface area contributed by atoms with Gasteiger partial charge in [-0.25, -0.2) is 4.98 Å². The Morgan fingerprint density at radius 3 is 2.87 bits per heavy atom. The molecule has 5 heteroatoms. The Morgan fingerprint density at radius 2 is 2.09 bits per heavy atom. The second-order valence-corrected chi connectivity index (χ2v) is 5.85. The number of rotatable bonds is 5. The fraction of sp³-hybridized carbons (Fsp3) is 0.111. The number of thiazole rings is 1. The smallest absolute Gasteiger partial charge is 0.250 e. The van der Waals surface area contributed by atoms with E-state index in [2.05, 4.69) is 10.3 Å². The highest BCUT2D eigenvalue weighted by Gasteiger charge is 2.07. The summed E-state index contributed by atoms with van der Waals surface area (Å²) in [6.45, 7) is 2.57. The van der Waals surface area contributed by atoms with E-state index in [9.17, 15) is 4.79 Å². The van der Waals surface area contributed by atoms with Crippen molar-refractivity contribution in [1.82, 2.24) is 4.98 Å². The van der Waals surface area contributed by atoms with Gasteiger partial charge in [0, 0.05) is 6.08 Å². The fourth-order valence-electron chi connectivity index (χ4n) is 2.10. The average molecular weight is 324 g/mol. The van der Waals surface area contributed by atoms with E-state index >= 15 is 0 Å². The number of hydrogen-bond acceptors (Lipinski definition) is 4. The highest BCUT2D eigenvalue weighted by atomic mass is 32.1. The predicted molar refractivity (Wildman–Crippen MR) is 94.9 cm³/mol. The molecule has 0 saturated heterocycles. The lowest BCUT2D eigenvalue weighted by Crippen LogP contribution is -2.07. The van der Waals surface area contributed by atoms with E-state index in [0.29, 0.717) is 11.7 Å². The molecule has 0 aliphatic rings. The third-order valence-electron chi connectivity index (χ3n) is 3.13. The number of nitrogens with zero attached hydrogens (tertiary/aromatic N) is 1. The van der Waals surface area contributed by atoms with Crippen LogP contribution in [0, 0.1) is 0 Å². The maximum absolute atomic E-state index is 12.0. The Labute approximate surface area is 138 Å². The van der Waals surface area contributed by atoms with Crippen LogP contribution in [0.3, 0.4) is 0 Å². The van der Waals surface area contributed by atoms with Crippen molar-refractivity contribution < 1.29 is 9.53 Å². The first-order chi connectivity index (χ1) is 11.2. The van der Waals surface area contributed by atoms with Gasteiger partial charge in [-0.05, 0) is 36.8 Å². The lowest BCUT2D eigenvalue weighted by molar-refractivity contribution is -0.111. The van der Waals surface area contributed by atoms with Crippen LogP contribution in [0.15, 0.2) is 54.6 Å². The third kappa shape index (κ3) is 3.96. The Balaban J connectivity index is 1.71. The molecule has 0 atom stereocenters. The summed E-state index contributed by atoms with van der Waals surface area (Å²) in [4.78, 5) is 16.4. The summed E-state index contributed by atoms with van der Waals surface area (Å²) in [5.41, 5.74) is 1.83. The molecule has 2 aromatic carbocycles. The van der Waals surface area contributed by atoms with Crippen LogP contribution in [-0.4, -0.2) is 17.5 Å². The zero-order chi connectivity index (χ0) is 16.1. The summed E-state index contributed by atoms with van der Waals surface area (Å²) >= 11 is 1.43. The number of fused-ring (bicyclic) bond motifs is 1. The zero-order valence-corrected chi connectivity index (χ0v) is 13.5. The van der Waals surface area contributed by atoms with Gasteiger partial charge in [0.05, 0.1) is 16.8 Å². The standard InChI is InChI=1S/C18H16N2O2S/c1-2-22-14-9-10-15-16(12-14)23-18(19-15)20-17(21)11-8-13-6-4-3-5-7-13/h3-12H,2H2,1H3,(H,19,20,21). The molecule has 3 rings (SSSR count). The van der Waals surface area contributed by atoms with Crippen LogP contribution in [-0.2, 0) is 4.79 Å². The first-order valence-corrected chi connectivity index (χ1v) is 8.14. The van der Waals surface area contributed by atoms with Crippen LogP contribution in [0.2, 0.25) is 0 Å². The summed E-state index contributed by atoms with van der Waals surface area (Å²) in [6, 6.07) is 15.4. The minimum atomic E-state index is -0.196.